The Bertz CT molecular complexity index is 1210. The number of hydrogen-bond acceptors (Lipinski definition) is 5. The number of nitrogens with zero attached hydrogens (tertiary/aromatic N) is 2. The predicted molar refractivity (Wildman–Crippen MR) is 120 cm³/mol. The molecule has 0 radical (unpaired) electrons. The summed E-state index contributed by atoms with van der Waals surface area (Å²) in [5, 5.41) is 32.5. The number of nitrogens with one attached hydrogen (secondary N) is 1. The number of aromatic hydroxyl groups is 1. The van der Waals surface area contributed by atoms with Gasteiger partial charge in [-0.15, -0.1) is 0 Å². The van der Waals surface area contributed by atoms with Gasteiger partial charge in [0, 0.05) is 41.7 Å². The predicted octanol–water partition coefficient (Wildman–Crippen LogP) is 3.94. The standard InChI is InChI=1S/C25H27N3O4/c29-18-3-1-2-15(8-18)25(21-12-24(21)30)27-7-6-14-10-22-20(9-16(14)13-27)19-5-4-17(28(31)32)11-23(19)26-22/h1-5,8,11,14,16,21,24-26,29-30H,6-7,9-10,12-13H2. The Labute approximate surface area is 185 Å². The summed E-state index contributed by atoms with van der Waals surface area (Å²) in [7, 11) is 0. The Hall–Kier alpha value is -2.90. The molecule has 2 fully saturated rings. The van der Waals surface area contributed by atoms with Gasteiger partial charge in [-0.25, -0.2) is 0 Å². The minimum Gasteiger partial charge on any atom is -0.508 e. The largest absolute Gasteiger partial charge is 0.508 e. The van der Waals surface area contributed by atoms with Crippen molar-refractivity contribution in [1.82, 2.24) is 9.88 Å². The van der Waals surface area contributed by atoms with Crippen LogP contribution in [0.4, 0.5) is 5.69 Å². The number of nitro groups is 1. The third-order valence-corrected chi connectivity index (χ3v) is 7.86. The van der Waals surface area contributed by atoms with Gasteiger partial charge in [-0.05, 0) is 73.4 Å². The average molecular weight is 434 g/mol. The van der Waals surface area contributed by atoms with E-state index < -0.39 is 0 Å². The normalized spacial score (nSPS) is 28.2. The molecule has 2 heterocycles. The highest BCUT2D eigenvalue weighted by molar-refractivity contribution is 5.86. The van der Waals surface area contributed by atoms with Crippen LogP contribution in [-0.4, -0.2) is 44.2 Å². The van der Waals surface area contributed by atoms with Crippen LogP contribution in [0.2, 0.25) is 0 Å². The maximum Gasteiger partial charge on any atom is 0.271 e. The highest BCUT2D eigenvalue weighted by Crippen LogP contribution is 2.48. The second-order valence-electron chi connectivity index (χ2n) is 9.79. The van der Waals surface area contributed by atoms with Crippen molar-refractivity contribution in [2.24, 2.45) is 17.8 Å². The maximum atomic E-state index is 11.2. The smallest absolute Gasteiger partial charge is 0.271 e. The molecule has 2 aliphatic carbocycles. The molecule has 5 unspecified atom stereocenters. The highest BCUT2D eigenvalue weighted by Gasteiger charge is 2.47. The van der Waals surface area contributed by atoms with Gasteiger partial charge in [-0.3, -0.25) is 15.0 Å². The van der Waals surface area contributed by atoms with Crippen molar-refractivity contribution in [3.05, 3.63) is 69.4 Å². The number of aromatic nitrogens is 1. The second kappa shape index (κ2) is 7.32. The lowest BCUT2D eigenvalue weighted by Gasteiger charge is -2.44. The Balaban J connectivity index is 1.28. The third kappa shape index (κ3) is 3.27. The highest BCUT2D eigenvalue weighted by atomic mass is 16.6. The summed E-state index contributed by atoms with van der Waals surface area (Å²) in [6.45, 7) is 1.94. The molecule has 1 aliphatic heterocycles. The maximum absolute atomic E-state index is 11.2. The summed E-state index contributed by atoms with van der Waals surface area (Å²) in [6, 6.07) is 12.8. The van der Waals surface area contributed by atoms with E-state index in [1.165, 1.54) is 11.3 Å². The SMILES string of the molecule is O=[N+]([O-])c1ccc2c3c([nH]c2c1)CC1CCN(C(c2cccc(O)c2)C2CC2O)CC1C3. The van der Waals surface area contributed by atoms with Gasteiger partial charge >= 0.3 is 0 Å². The first kappa shape index (κ1) is 19.8. The lowest BCUT2D eigenvalue weighted by atomic mass is 9.73. The number of rotatable bonds is 4. The van der Waals surface area contributed by atoms with E-state index in [2.05, 4.69) is 16.0 Å². The molecule has 2 aromatic carbocycles. The molecule has 3 aliphatic rings. The topological polar surface area (TPSA) is 103 Å². The molecule has 1 saturated heterocycles. The molecular formula is C25H27N3O4. The molecule has 6 rings (SSSR count). The van der Waals surface area contributed by atoms with E-state index in [0.29, 0.717) is 11.8 Å². The molecule has 32 heavy (non-hydrogen) atoms. The van der Waals surface area contributed by atoms with Crippen LogP contribution in [0.15, 0.2) is 42.5 Å². The van der Waals surface area contributed by atoms with E-state index in [-0.39, 0.29) is 34.4 Å². The van der Waals surface area contributed by atoms with Crippen molar-refractivity contribution < 1.29 is 15.1 Å². The molecule has 7 heteroatoms. The number of fused-ring (bicyclic) bond motifs is 4. The summed E-state index contributed by atoms with van der Waals surface area (Å²) in [5.74, 6) is 1.60. The molecule has 7 nitrogen and oxygen atoms in total. The third-order valence-electron chi connectivity index (χ3n) is 7.86. The van der Waals surface area contributed by atoms with Crippen LogP contribution in [-0.2, 0) is 12.8 Å². The number of benzene rings is 2. The van der Waals surface area contributed by atoms with Crippen molar-refractivity contribution in [2.75, 3.05) is 13.1 Å². The van der Waals surface area contributed by atoms with Crippen molar-refractivity contribution >= 4 is 16.6 Å². The van der Waals surface area contributed by atoms with Gasteiger partial charge in [0.15, 0.2) is 0 Å². The summed E-state index contributed by atoms with van der Waals surface area (Å²) < 4.78 is 0. The van der Waals surface area contributed by atoms with E-state index in [9.17, 15) is 20.3 Å². The molecule has 166 valence electrons. The van der Waals surface area contributed by atoms with E-state index in [4.69, 9.17) is 0 Å². The van der Waals surface area contributed by atoms with Gasteiger partial charge in [0.1, 0.15) is 5.75 Å². The number of H-pyrrole nitrogens is 1. The quantitative estimate of drug-likeness (QED) is 0.427. The molecular weight excluding hydrogens is 406 g/mol. The van der Waals surface area contributed by atoms with Crippen LogP contribution in [0.25, 0.3) is 10.9 Å². The summed E-state index contributed by atoms with van der Waals surface area (Å²) in [6.07, 6.45) is 3.60. The van der Waals surface area contributed by atoms with Crippen molar-refractivity contribution in [3.63, 3.8) is 0 Å². The van der Waals surface area contributed by atoms with Gasteiger partial charge in [0.05, 0.1) is 16.5 Å². The Kier molecular flexibility index (Phi) is 4.52. The van der Waals surface area contributed by atoms with Crippen LogP contribution >= 0.6 is 0 Å². The van der Waals surface area contributed by atoms with Crippen molar-refractivity contribution in [3.8, 4) is 5.75 Å². The first-order valence-corrected chi connectivity index (χ1v) is 11.5. The van der Waals surface area contributed by atoms with Gasteiger partial charge in [-0.1, -0.05) is 12.1 Å². The number of nitro benzene ring substituents is 1. The van der Waals surface area contributed by atoms with Gasteiger partial charge in [0.2, 0.25) is 0 Å². The molecule has 1 aromatic heterocycles. The van der Waals surface area contributed by atoms with Crippen LogP contribution in [0.1, 0.15) is 35.7 Å². The molecule has 0 bridgehead atoms. The average Bonchev–Trinajstić information content (AvgIpc) is 3.37. The van der Waals surface area contributed by atoms with Gasteiger partial charge < -0.3 is 15.2 Å². The molecule has 3 aromatic rings. The minimum absolute atomic E-state index is 0.122. The number of likely N-dealkylation sites (tertiary alicyclic amines) is 1. The monoisotopic (exact) mass is 433 g/mol. The zero-order valence-corrected chi connectivity index (χ0v) is 17.8. The zero-order valence-electron chi connectivity index (χ0n) is 17.8. The fourth-order valence-electron chi connectivity index (χ4n) is 6.18. The summed E-state index contributed by atoms with van der Waals surface area (Å²) in [5.41, 5.74) is 4.60. The van der Waals surface area contributed by atoms with Crippen molar-refractivity contribution in [1.29, 1.82) is 0 Å². The van der Waals surface area contributed by atoms with E-state index >= 15 is 0 Å². The lowest BCUT2D eigenvalue weighted by Crippen LogP contribution is -2.46. The van der Waals surface area contributed by atoms with Crippen molar-refractivity contribution in [2.45, 2.75) is 37.8 Å². The Morgan fingerprint density at radius 3 is 2.75 bits per heavy atom. The minimum atomic E-state index is -0.343. The Morgan fingerprint density at radius 2 is 2.00 bits per heavy atom. The number of phenols is 1. The van der Waals surface area contributed by atoms with Crippen LogP contribution in [0.5, 0.6) is 5.75 Å². The van der Waals surface area contributed by atoms with E-state index in [1.54, 1.807) is 18.2 Å². The zero-order chi connectivity index (χ0) is 22.0. The van der Waals surface area contributed by atoms with Crippen LogP contribution < -0.4 is 0 Å². The number of hydrogen-bond donors (Lipinski definition) is 3. The first-order chi connectivity index (χ1) is 15.5. The lowest BCUT2D eigenvalue weighted by molar-refractivity contribution is -0.384. The van der Waals surface area contributed by atoms with Gasteiger partial charge in [0.25, 0.3) is 5.69 Å². The fourth-order valence-corrected chi connectivity index (χ4v) is 6.18. The second-order valence-corrected chi connectivity index (χ2v) is 9.79. The first-order valence-electron chi connectivity index (χ1n) is 11.5. The number of aliphatic hydroxyl groups is 1. The van der Waals surface area contributed by atoms with E-state index in [0.717, 1.165) is 55.2 Å². The molecule has 3 N–H and O–H groups in total. The fraction of sp³-hybridized carbons (Fsp3) is 0.440. The van der Waals surface area contributed by atoms with E-state index in [1.807, 2.05) is 18.2 Å². The number of piperidine rings is 1. The van der Waals surface area contributed by atoms with Gasteiger partial charge in [-0.2, -0.15) is 0 Å². The number of aliphatic hydroxyl groups excluding tert-OH is 1. The molecule has 1 saturated carbocycles. The van der Waals surface area contributed by atoms with Crippen LogP contribution in [0, 0.1) is 27.9 Å². The number of phenolic OH excluding ortho intramolecular Hbond substituents is 1. The van der Waals surface area contributed by atoms with Crippen LogP contribution in [0.3, 0.4) is 0 Å². The molecule has 5 atom stereocenters. The Morgan fingerprint density at radius 1 is 1.16 bits per heavy atom. The molecule has 0 amide bonds. The number of non-ortho nitro benzene ring substituents is 1. The summed E-state index contributed by atoms with van der Waals surface area (Å²) in [4.78, 5) is 16.8. The summed E-state index contributed by atoms with van der Waals surface area (Å²) >= 11 is 0. The molecule has 0 spiro atoms. The number of aromatic amines is 1.